The van der Waals surface area contributed by atoms with Gasteiger partial charge >= 0.3 is 0 Å². The minimum Gasteiger partial charge on any atom is -0.394 e. The first kappa shape index (κ1) is 34.1. The molecule has 17 atom stereocenters. The molecule has 7 fully saturated rings. The zero-order chi connectivity index (χ0) is 33.6. The van der Waals surface area contributed by atoms with Crippen molar-refractivity contribution in [1.29, 1.82) is 0 Å². The maximum atomic E-state index is 12.2. The van der Waals surface area contributed by atoms with Crippen LogP contribution >= 0.6 is 0 Å². The van der Waals surface area contributed by atoms with E-state index in [0.29, 0.717) is 25.9 Å². The predicted molar refractivity (Wildman–Crippen MR) is 167 cm³/mol. The van der Waals surface area contributed by atoms with E-state index >= 15 is 0 Å². The molecule has 5 aliphatic carbocycles. The van der Waals surface area contributed by atoms with Crippen LogP contribution in [0.5, 0.6) is 0 Å². The summed E-state index contributed by atoms with van der Waals surface area (Å²) in [7, 11) is 0. The van der Waals surface area contributed by atoms with Crippen molar-refractivity contribution >= 4 is 0 Å². The van der Waals surface area contributed by atoms with Gasteiger partial charge in [-0.05, 0) is 111 Å². The van der Waals surface area contributed by atoms with Gasteiger partial charge in [0.1, 0.15) is 24.4 Å². The van der Waals surface area contributed by atoms with Crippen molar-refractivity contribution in [2.24, 2.45) is 50.7 Å². The van der Waals surface area contributed by atoms with E-state index in [0.717, 1.165) is 32.1 Å². The summed E-state index contributed by atoms with van der Waals surface area (Å²) in [5, 5.41) is 76.0. The Kier molecular flexibility index (Phi) is 7.65. The first-order valence-corrected chi connectivity index (χ1v) is 17.9. The summed E-state index contributed by atoms with van der Waals surface area (Å²) in [6, 6.07) is 0. The fourth-order valence-corrected chi connectivity index (χ4v) is 13.7. The van der Waals surface area contributed by atoms with Crippen LogP contribution in [0.1, 0.15) is 99.8 Å². The van der Waals surface area contributed by atoms with Crippen molar-refractivity contribution in [1.82, 2.24) is 0 Å². The summed E-state index contributed by atoms with van der Waals surface area (Å²) >= 11 is 0. The van der Waals surface area contributed by atoms with Crippen molar-refractivity contribution in [3.8, 4) is 0 Å². The molecule has 0 aromatic carbocycles. The monoisotopic (exact) mass is 652 g/mol. The minimum absolute atomic E-state index is 0.0154. The Morgan fingerprint density at radius 3 is 2.13 bits per heavy atom. The molecule has 7 N–H and O–H groups in total. The number of hydrogen-bond acceptors (Lipinski definition) is 10. The van der Waals surface area contributed by atoms with Gasteiger partial charge in [-0.2, -0.15) is 0 Å². The lowest BCUT2D eigenvalue weighted by atomic mass is 9.41. The van der Waals surface area contributed by atoms with Gasteiger partial charge in [0.05, 0.1) is 42.7 Å². The Bertz CT molecular complexity index is 1200. The average molecular weight is 653 g/mol. The quantitative estimate of drug-likeness (QED) is 0.219. The molecule has 10 nitrogen and oxygen atoms in total. The second-order valence-corrected chi connectivity index (χ2v) is 18.8. The third kappa shape index (κ3) is 4.24. The Labute approximate surface area is 273 Å². The van der Waals surface area contributed by atoms with Crippen LogP contribution < -0.4 is 0 Å². The molecule has 0 aromatic rings. The highest BCUT2D eigenvalue weighted by Gasteiger charge is 2.85. The van der Waals surface area contributed by atoms with Gasteiger partial charge in [0.2, 0.25) is 0 Å². The fourth-order valence-electron chi connectivity index (χ4n) is 13.7. The summed E-state index contributed by atoms with van der Waals surface area (Å²) in [5.41, 5.74) is -2.16. The molecule has 10 heteroatoms. The number of aliphatic hydroxyl groups is 7. The number of rotatable bonds is 5. The molecule has 2 saturated heterocycles. The van der Waals surface area contributed by atoms with Crippen molar-refractivity contribution in [3.63, 3.8) is 0 Å². The molecule has 0 bridgehead atoms. The molecular weight excluding hydrogens is 592 g/mol. The smallest absolute Gasteiger partial charge is 0.186 e. The van der Waals surface area contributed by atoms with Crippen LogP contribution in [0.3, 0.4) is 0 Å². The standard InChI is InChI=1S/C36H60O10/c1-30(2)23(46-29-26(42)25(41)24(40)21(15-37)45-29)8-9-36-17-35(36)11-10-32(5)28(34(7)13-18(16-44-34)31(3,4)43)20(39)14-33(32,6)22(35)12-19(38)27(30)36/h18-29,37-43H,8-17H2,1-7H3. The van der Waals surface area contributed by atoms with Crippen LogP contribution in [0.15, 0.2) is 0 Å². The zero-order valence-electron chi connectivity index (χ0n) is 28.9. The maximum absolute atomic E-state index is 12.2. The molecule has 0 aromatic heterocycles. The van der Waals surface area contributed by atoms with E-state index in [1.54, 1.807) is 0 Å². The number of fused-ring (bicyclic) bond motifs is 2. The number of ether oxygens (including phenoxy) is 3. The number of aliphatic hydroxyl groups excluding tert-OH is 6. The van der Waals surface area contributed by atoms with Crippen molar-refractivity contribution < 1.29 is 50.0 Å². The Balaban J connectivity index is 1.15. The third-order valence-corrected chi connectivity index (χ3v) is 16.0. The van der Waals surface area contributed by atoms with E-state index < -0.39 is 66.1 Å². The second-order valence-electron chi connectivity index (χ2n) is 18.8. The first-order chi connectivity index (χ1) is 21.2. The largest absolute Gasteiger partial charge is 0.394 e. The van der Waals surface area contributed by atoms with Crippen LogP contribution in [0, 0.1) is 50.7 Å². The van der Waals surface area contributed by atoms with E-state index in [9.17, 15) is 35.7 Å². The van der Waals surface area contributed by atoms with Gasteiger partial charge in [0.25, 0.3) is 0 Å². The molecule has 17 unspecified atom stereocenters. The fraction of sp³-hybridized carbons (Fsp3) is 1.00. The highest BCUT2D eigenvalue weighted by atomic mass is 16.7. The lowest BCUT2D eigenvalue weighted by Gasteiger charge is -2.64. The molecule has 2 heterocycles. The van der Waals surface area contributed by atoms with E-state index in [1.165, 1.54) is 0 Å². The molecule has 5 saturated carbocycles. The zero-order valence-corrected chi connectivity index (χ0v) is 28.9. The Morgan fingerprint density at radius 1 is 0.804 bits per heavy atom. The molecule has 0 amide bonds. The predicted octanol–water partition coefficient (Wildman–Crippen LogP) is 2.12. The van der Waals surface area contributed by atoms with E-state index in [4.69, 9.17) is 14.2 Å². The molecule has 7 aliphatic rings. The van der Waals surface area contributed by atoms with Crippen molar-refractivity contribution in [2.75, 3.05) is 13.2 Å². The Hall–Kier alpha value is -0.400. The van der Waals surface area contributed by atoms with Gasteiger partial charge in [0.15, 0.2) is 6.29 Å². The average Bonchev–Trinajstić information content (AvgIpc) is 3.31. The molecule has 2 aliphatic heterocycles. The summed E-state index contributed by atoms with van der Waals surface area (Å²) < 4.78 is 18.7. The van der Waals surface area contributed by atoms with Crippen LogP contribution in [-0.2, 0) is 14.2 Å². The lowest BCUT2D eigenvalue weighted by Crippen LogP contribution is -2.64. The van der Waals surface area contributed by atoms with Gasteiger partial charge in [-0.15, -0.1) is 0 Å². The van der Waals surface area contributed by atoms with Gasteiger partial charge in [-0.25, -0.2) is 0 Å². The molecule has 264 valence electrons. The SMILES string of the molecule is CC(C)(O)C1COC(C)(C2C(O)CC3(C)C4CC(O)C5C(C)(C)C(OC6OC(CO)C(O)C(O)C6O)CCC56CC46CCC23C)C1. The van der Waals surface area contributed by atoms with E-state index in [-0.39, 0.29) is 51.4 Å². The van der Waals surface area contributed by atoms with Crippen LogP contribution in [0.2, 0.25) is 0 Å². The minimum atomic E-state index is -1.50. The summed E-state index contributed by atoms with van der Waals surface area (Å²) in [6.45, 7) is 14.9. The maximum Gasteiger partial charge on any atom is 0.186 e. The van der Waals surface area contributed by atoms with Gasteiger partial charge in [0, 0.05) is 11.8 Å². The van der Waals surface area contributed by atoms with Crippen molar-refractivity contribution in [2.45, 2.75) is 160 Å². The summed E-state index contributed by atoms with van der Waals surface area (Å²) in [5.74, 6) is 0.191. The molecule has 7 rings (SSSR count). The van der Waals surface area contributed by atoms with Crippen molar-refractivity contribution in [3.05, 3.63) is 0 Å². The van der Waals surface area contributed by atoms with Gasteiger partial charge in [-0.3, -0.25) is 0 Å². The first-order valence-electron chi connectivity index (χ1n) is 17.9. The van der Waals surface area contributed by atoms with E-state index in [1.807, 2.05) is 13.8 Å². The third-order valence-electron chi connectivity index (χ3n) is 16.0. The highest BCUT2D eigenvalue weighted by molar-refractivity contribution is 5.33. The second kappa shape index (κ2) is 10.3. The summed E-state index contributed by atoms with van der Waals surface area (Å²) in [6.07, 6.45) is -1.31. The molecule has 46 heavy (non-hydrogen) atoms. The van der Waals surface area contributed by atoms with Crippen LogP contribution in [-0.4, -0.2) is 109 Å². The topological polar surface area (TPSA) is 169 Å². The van der Waals surface area contributed by atoms with Crippen LogP contribution in [0.4, 0.5) is 0 Å². The highest BCUT2D eigenvalue weighted by Crippen LogP contribution is 2.89. The van der Waals surface area contributed by atoms with Crippen LogP contribution in [0.25, 0.3) is 0 Å². The lowest BCUT2D eigenvalue weighted by molar-refractivity contribution is -0.329. The molecule has 2 spiro atoms. The Morgan fingerprint density at radius 2 is 1.50 bits per heavy atom. The molecule has 0 radical (unpaired) electrons. The molecular formula is C36H60O10. The summed E-state index contributed by atoms with van der Waals surface area (Å²) in [4.78, 5) is 0. The van der Waals surface area contributed by atoms with Gasteiger partial charge in [-0.1, -0.05) is 27.7 Å². The van der Waals surface area contributed by atoms with E-state index in [2.05, 4.69) is 34.6 Å². The van der Waals surface area contributed by atoms with Gasteiger partial charge < -0.3 is 50.0 Å². The normalized spacial score (nSPS) is 59.3. The number of hydrogen-bond donors (Lipinski definition) is 7.